The summed E-state index contributed by atoms with van der Waals surface area (Å²) in [6.07, 6.45) is 8.52. The quantitative estimate of drug-likeness (QED) is 0.580. The molecule has 0 amide bonds. The van der Waals surface area contributed by atoms with Gasteiger partial charge in [-0.25, -0.2) is 0 Å². The standard InChI is InChI=1S/C18H33N3O/c1-3-19-18(21-11-9-16(10-12-21)22-4-2)20-13-17(14-5-6-14)15-7-8-15/h14-17H,3-13H2,1-2H3,(H,19,20). The lowest BCUT2D eigenvalue weighted by Gasteiger charge is -2.34. The Kier molecular flexibility index (Phi) is 5.61. The third kappa shape index (κ3) is 4.37. The molecule has 126 valence electrons. The van der Waals surface area contributed by atoms with E-state index < -0.39 is 0 Å². The monoisotopic (exact) mass is 307 g/mol. The van der Waals surface area contributed by atoms with Crippen molar-refractivity contribution >= 4 is 5.96 Å². The van der Waals surface area contributed by atoms with Crippen molar-refractivity contribution in [1.82, 2.24) is 10.2 Å². The molecule has 2 saturated carbocycles. The van der Waals surface area contributed by atoms with Gasteiger partial charge in [-0.05, 0) is 70.1 Å². The summed E-state index contributed by atoms with van der Waals surface area (Å²) in [5, 5.41) is 3.51. The van der Waals surface area contributed by atoms with Crippen LogP contribution in [0.15, 0.2) is 4.99 Å². The van der Waals surface area contributed by atoms with Crippen LogP contribution in [0.1, 0.15) is 52.4 Å². The number of guanidine groups is 1. The molecule has 3 fully saturated rings. The molecular weight excluding hydrogens is 274 g/mol. The van der Waals surface area contributed by atoms with E-state index in [1.165, 1.54) is 25.7 Å². The molecule has 0 aromatic rings. The molecule has 0 aromatic carbocycles. The lowest BCUT2D eigenvalue weighted by molar-refractivity contribution is 0.0263. The lowest BCUT2D eigenvalue weighted by Crippen LogP contribution is -2.47. The SMILES string of the molecule is CCNC(=NCC(C1CC1)C1CC1)N1CCC(OCC)CC1. The summed E-state index contributed by atoms with van der Waals surface area (Å²) < 4.78 is 5.76. The summed E-state index contributed by atoms with van der Waals surface area (Å²) in [6, 6.07) is 0. The molecule has 1 aliphatic heterocycles. The highest BCUT2D eigenvalue weighted by Gasteiger charge is 2.41. The molecule has 1 N–H and O–H groups in total. The van der Waals surface area contributed by atoms with Crippen molar-refractivity contribution in [1.29, 1.82) is 0 Å². The Morgan fingerprint density at radius 2 is 1.73 bits per heavy atom. The van der Waals surface area contributed by atoms with Crippen molar-refractivity contribution in [2.75, 3.05) is 32.8 Å². The Balaban J connectivity index is 1.53. The van der Waals surface area contributed by atoms with Gasteiger partial charge in [-0.3, -0.25) is 4.99 Å². The van der Waals surface area contributed by atoms with Crippen LogP contribution in [0, 0.1) is 17.8 Å². The predicted molar refractivity (Wildman–Crippen MR) is 91.1 cm³/mol. The molecule has 3 aliphatic rings. The highest BCUT2D eigenvalue weighted by atomic mass is 16.5. The lowest BCUT2D eigenvalue weighted by atomic mass is 9.98. The van der Waals surface area contributed by atoms with Crippen LogP contribution >= 0.6 is 0 Å². The zero-order valence-electron chi connectivity index (χ0n) is 14.4. The number of nitrogens with one attached hydrogen (secondary N) is 1. The van der Waals surface area contributed by atoms with Crippen LogP contribution in [0.3, 0.4) is 0 Å². The van der Waals surface area contributed by atoms with E-state index >= 15 is 0 Å². The average Bonchev–Trinajstić information content (AvgIpc) is 3.41. The van der Waals surface area contributed by atoms with Crippen LogP contribution in [0.5, 0.6) is 0 Å². The number of piperidine rings is 1. The van der Waals surface area contributed by atoms with Gasteiger partial charge in [-0.15, -0.1) is 0 Å². The smallest absolute Gasteiger partial charge is 0.193 e. The number of aliphatic imine (C=N–C) groups is 1. The fraction of sp³-hybridized carbons (Fsp3) is 0.944. The molecule has 0 unspecified atom stereocenters. The molecule has 1 heterocycles. The predicted octanol–water partition coefficient (Wildman–Crippen LogP) is 2.89. The number of nitrogens with zero attached hydrogens (tertiary/aromatic N) is 2. The maximum Gasteiger partial charge on any atom is 0.193 e. The van der Waals surface area contributed by atoms with Gasteiger partial charge in [0.05, 0.1) is 6.10 Å². The molecule has 1 saturated heterocycles. The summed E-state index contributed by atoms with van der Waals surface area (Å²) in [5.74, 6) is 3.99. The first-order valence-electron chi connectivity index (χ1n) is 9.46. The van der Waals surface area contributed by atoms with Crippen LogP contribution in [-0.4, -0.2) is 49.7 Å². The molecule has 2 aliphatic carbocycles. The number of likely N-dealkylation sites (tertiary alicyclic amines) is 1. The van der Waals surface area contributed by atoms with Gasteiger partial charge in [0, 0.05) is 32.8 Å². The largest absolute Gasteiger partial charge is 0.378 e. The van der Waals surface area contributed by atoms with Crippen LogP contribution < -0.4 is 5.32 Å². The summed E-state index contributed by atoms with van der Waals surface area (Å²) in [5.41, 5.74) is 0. The van der Waals surface area contributed by atoms with Crippen LogP contribution in [0.25, 0.3) is 0 Å². The second-order valence-electron chi connectivity index (χ2n) is 7.18. The highest BCUT2D eigenvalue weighted by molar-refractivity contribution is 5.80. The molecule has 0 spiro atoms. The summed E-state index contributed by atoms with van der Waals surface area (Å²) in [7, 11) is 0. The zero-order chi connectivity index (χ0) is 15.4. The van der Waals surface area contributed by atoms with Crippen molar-refractivity contribution in [3.05, 3.63) is 0 Å². The van der Waals surface area contributed by atoms with Crippen LogP contribution in [0.2, 0.25) is 0 Å². The Labute approximate surface area is 135 Å². The van der Waals surface area contributed by atoms with Gasteiger partial charge >= 0.3 is 0 Å². The number of hydrogen-bond acceptors (Lipinski definition) is 2. The Bertz CT molecular complexity index is 357. The molecule has 0 aromatic heterocycles. The third-order valence-corrected chi connectivity index (χ3v) is 5.39. The van der Waals surface area contributed by atoms with Crippen molar-refractivity contribution in [2.24, 2.45) is 22.7 Å². The van der Waals surface area contributed by atoms with Crippen LogP contribution in [0.4, 0.5) is 0 Å². The Hall–Kier alpha value is -0.770. The first kappa shape index (κ1) is 16.1. The Morgan fingerprint density at radius 1 is 1.09 bits per heavy atom. The van der Waals surface area contributed by atoms with Crippen LogP contribution in [-0.2, 0) is 4.74 Å². The zero-order valence-corrected chi connectivity index (χ0v) is 14.4. The normalized spacial score (nSPS) is 24.1. The summed E-state index contributed by atoms with van der Waals surface area (Å²) in [6.45, 7) is 9.26. The van der Waals surface area contributed by atoms with Gasteiger partial charge in [0.25, 0.3) is 0 Å². The van der Waals surface area contributed by atoms with Gasteiger partial charge in [0.1, 0.15) is 0 Å². The summed E-state index contributed by atoms with van der Waals surface area (Å²) in [4.78, 5) is 7.46. The Morgan fingerprint density at radius 3 is 2.23 bits per heavy atom. The molecule has 3 rings (SSSR count). The minimum Gasteiger partial charge on any atom is -0.378 e. The first-order chi connectivity index (χ1) is 10.8. The minimum atomic E-state index is 0.454. The van der Waals surface area contributed by atoms with Crippen molar-refractivity contribution < 1.29 is 4.74 Å². The summed E-state index contributed by atoms with van der Waals surface area (Å²) >= 11 is 0. The van der Waals surface area contributed by atoms with Gasteiger partial charge in [0.15, 0.2) is 5.96 Å². The van der Waals surface area contributed by atoms with Gasteiger partial charge in [-0.1, -0.05) is 0 Å². The molecule has 22 heavy (non-hydrogen) atoms. The van der Waals surface area contributed by atoms with Gasteiger partial charge in [0.2, 0.25) is 0 Å². The average molecular weight is 307 g/mol. The van der Waals surface area contributed by atoms with Crippen molar-refractivity contribution in [3.8, 4) is 0 Å². The van der Waals surface area contributed by atoms with E-state index in [1.807, 2.05) is 0 Å². The third-order valence-electron chi connectivity index (χ3n) is 5.39. The molecule has 4 heteroatoms. The fourth-order valence-corrected chi connectivity index (χ4v) is 3.82. The van der Waals surface area contributed by atoms with Crippen molar-refractivity contribution in [3.63, 3.8) is 0 Å². The molecule has 0 bridgehead atoms. The van der Waals surface area contributed by atoms with Crippen molar-refractivity contribution in [2.45, 2.75) is 58.5 Å². The minimum absolute atomic E-state index is 0.454. The first-order valence-corrected chi connectivity index (χ1v) is 9.46. The maximum absolute atomic E-state index is 5.76. The molecular formula is C18H33N3O. The topological polar surface area (TPSA) is 36.9 Å². The van der Waals surface area contributed by atoms with E-state index in [4.69, 9.17) is 9.73 Å². The van der Waals surface area contributed by atoms with E-state index in [-0.39, 0.29) is 0 Å². The number of ether oxygens (including phenoxy) is 1. The molecule has 0 atom stereocenters. The molecule has 0 radical (unpaired) electrons. The second kappa shape index (κ2) is 7.67. The van der Waals surface area contributed by atoms with Gasteiger partial charge in [-0.2, -0.15) is 0 Å². The van der Waals surface area contributed by atoms with E-state index in [2.05, 4.69) is 24.1 Å². The fourth-order valence-electron chi connectivity index (χ4n) is 3.82. The second-order valence-corrected chi connectivity index (χ2v) is 7.18. The van der Waals surface area contributed by atoms with Gasteiger partial charge < -0.3 is 15.0 Å². The van der Waals surface area contributed by atoms with E-state index in [0.29, 0.717) is 6.10 Å². The maximum atomic E-state index is 5.76. The number of hydrogen-bond donors (Lipinski definition) is 1. The number of rotatable bonds is 7. The van der Waals surface area contributed by atoms with E-state index in [0.717, 1.165) is 69.3 Å². The molecule has 4 nitrogen and oxygen atoms in total. The van der Waals surface area contributed by atoms with E-state index in [9.17, 15) is 0 Å². The van der Waals surface area contributed by atoms with E-state index in [1.54, 1.807) is 0 Å². The highest BCUT2D eigenvalue weighted by Crippen LogP contribution is 2.49.